The summed E-state index contributed by atoms with van der Waals surface area (Å²) in [5.74, 6) is 0.860. The molecule has 5 nitrogen and oxygen atoms in total. The van der Waals surface area contributed by atoms with Crippen LogP contribution in [-0.4, -0.2) is 54.3 Å². The fourth-order valence-electron chi connectivity index (χ4n) is 1.89. The molecule has 0 aliphatic carbocycles. The first kappa shape index (κ1) is 12.3. The number of rotatable bonds is 6. The van der Waals surface area contributed by atoms with E-state index in [9.17, 15) is 0 Å². The molecule has 2 heterocycles. The number of morpholine rings is 1. The van der Waals surface area contributed by atoms with Gasteiger partial charge < -0.3 is 10.1 Å². The molecule has 1 aliphatic rings. The summed E-state index contributed by atoms with van der Waals surface area (Å²) in [6.45, 7) is 6.07. The van der Waals surface area contributed by atoms with Crippen molar-refractivity contribution in [2.24, 2.45) is 0 Å². The highest BCUT2D eigenvalue weighted by atomic mass is 16.5. The molecule has 1 N–H and O–H groups in total. The van der Waals surface area contributed by atoms with Crippen LogP contribution < -0.4 is 5.32 Å². The van der Waals surface area contributed by atoms with Crippen molar-refractivity contribution < 1.29 is 4.74 Å². The van der Waals surface area contributed by atoms with Gasteiger partial charge in [-0.2, -0.15) is 0 Å². The lowest BCUT2D eigenvalue weighted by molar-refractivity contribution is 0.0373. The van der Waals surface area contributed by atoms with Crippen LogP contribution in [0, 0.1) is 0 Å². The van der Waals surface area contributed by atoms with Gasteiger partial charge in [0.25, 0.3) is 0 Å². The van der Waals surface area contributed by atoms with E-state index < -0.39 is 0 Å². The molecule has 0 unspecified atom stereocenters. The zero-order valence-electron chi connectivity index (χ0n) is 10.1. The van der Waals surface area contributed by atoms with Gasteiger partial charge in [-0.3, -0.25) is 9.88 Å². The largest absolute Gasteiger partial charge is 0.379 e. The maximum Gasteiger partial charge on any atom is 0.144 e. The molecule has 1 aliphatic heterocycles. The van der Waals surface area contributed by atoms with Crippen LogP contribution in [0.3, 0.4) is 0 Å². The van der Waals surface area contributed by atoms with Crippen molar-refractivity contribution in [1.29, 1.82) is 0 Å². The van der Waals surface area contributed by atoms with Gasteiger partial charge in [0.2, 0.25) is 0 Å². The minimum absolute atomic E-state index is 0.860. The summed E-state index contributed by atoms with van der Waals surface area (Å²) in [6.07, 6.45) is 7.52. The highest BCUT2D eigenvalue weighted by Gasteiger charge is 2.08. The van der Waals surface area contributed by atoms with Gasteiger partial charge in [0.15, 0.2) is 0 Å². The first-order valence-electron chi connectivity index (χ1n) is 6.25. The van der Waals surface area contributed by atoms with Gasteiger partial charge in [0, 0.05) is 32.0 Å². The van der Waals surface area contributed by atoms with Crippen LogP contribution in [0.1, 0.15) is 12.8 Å². The van der Waals surface area contributed by atoms with E-state index >= 15 is 0 Å². The van der Waals surface area contributed by atoms with Crippen molar-refractivity contribution in [3.8, 4) is 0 Å². The highest BCUT2D eigenvalue weighted by molar-refractivity contribution is 5.29. The van der Waals surface area contributed by atoms with Crippen LogP contribution in [0.15, 0.2) is 18.6 Å². The quantitative estimate of drug-likeness (QED) is 0.747. The second-order valence-electron chi connectivity index (χ2n) is 4.18. The zero-order chi connectivity index (χ0) is 11.8. The number of nitrogens with one attached hydrogen (secondary N) is 1. The molecular weight excluding hydrogens is 216 g/mol. The van der Waals surface area contributed by atoms with Crippen molar-refractivity contribution in [3.05, 3.63) is 18.6 Å². The lowest BCUT2D eigenvalue weighted by Crippen LogP contribution is -2.36. The summed E-state index contributed by atoms with van der Waals surface area (Å²) in [4.78, 5) is 10.6. The van der Waals surface area contributed by atoms with Gasteiger partial charge >= 0.3 is 0 Å². The number of unbranched alkanes of at least 4 members (excludes halogenated alkanes) is 1. The molecule has 2 rings (SSSR count). The zero-order valence-corrected chi connectivity index (χ0v) is 10.1. The Bertz CT molecular complexity index is 301. The van der Waals surface area contributed by atoms with Gasteiger partial charge in [0.05, 0.1) is 19.4 Å². The molecule has 5 heteroatoms. The SMILES string of the molecule is c1cnc(NCCCCN2CCOCC2)cn1. The maximum absolute atomic E-state index is 5.32. The van der Waals surface area contributed by atoms with Crippen LogP contribution in [-0.2, 0) is 4.74 Å². The third kappa shape index (κ3) is 4.66. The van der Waals surface area contributed by atoms with Crippen LogP contribution >= 0.6 is 0 Å². The first-order valence-corrected chi connectivity index (χ1v) is 6.25. The molecule has 17 heavy (non-hydrogen) atoms. The van der Waals surface area contributed by atoms with E-state index in [1.165, 1.54) is 13.0 Å². The van der Waals surface area contributed by atoms with Gasteiger partial charge in [0.1, 0.15) is 5.82 Å². The molecular formula is C12H20N4O. The Balaban J connectivity index is 1.51. The molecule has 1 aromatic rings. The van der Waals surface area contributed by atoms with Gasteiger partial charge in [-0.25, -0.2) is 4.98 Å². The average molecular weight is 236 g/mol. The molecule has 0 bridgehead atoms. The average Bonchev–Trinajstić information content (AvgIpc) is 2.41. The summed E-state index contributed by atoms with van der Waals surface area (Å²) in [7, 11) is 0. The minimum atomic E-state index is 0.860. The third-order valence-electron chi connectivity index (χ3n) is 2.87. The summed E-state index contributed by atoms with van der Waals surface area (Å²) in [5.41, 5.74) is 0. The van der Waals surface area contributed by atoms with Crippen LogP contribution in [0.4, 0.5) is 5.82 Å². The van der Waals surface area contributed by atoms with E-state index in [-0.39, 0.29) is 0 Å². The van der Waals surface area contributed by atoms with Crippen molar-refractivity contribution in [1.82, 2.24) is 14.9 Å². The van der Waals surface area contributed by atoms with E-state index in [1.807, 2.05) is 0 Å². The standard InChI is InChI=1S/C12H20N4O/c1(2-6-16-7-9-17-10-8-16)3-14-12-11-13-4-5-15-12/h4-5,11H,1-3,6-10H2,(H,14,15). The van der Waals surface area contributed by atoms with E-state index in [4.69, 9.17) is 4.74 Å². The smallest absolute Gasteiger partial charge is 0.144 e. The second-order valence-corrected chi connectivity index (χ2v) is 4.18. The number of aromatic nitrogens is 2. The number of nitrogens with zero attached hydrogens (tertiary/aromatic N) is 3. The molecule has 1 aromatic heterocycles. The molecule has 94 valence electrons. The summed E-state index contributed by atoms with van der Waals surface area (Å²) < 4.78 is 5.32. The highest BCUT2D eigenvalue weighted by Crippen LogP contribution is 2.01. The normalized spacial score (nSPS) is 16.9. The Morgan fingerprint density at radius 3 is 2.88 bits per heavy atom. The Hall–Kier alpha value is -1.20. The van der Waals surface area contributed by atoms with E-state index in [0.29, 0.717) is 0 Å². The summed E-state index contributed by atoms with van der Waals surface area (Å²) >= 11 is 0. The summed E-state index contributed by atoms with van der Waals surface area (Å²) in [5, 5.41) is 3.27. The van der Waals surface area contributed by atoms with Crippen molar-refractivity contribution in [2.75, 3.05) is 44.7 Å². The maximum atomic E-state index is 5.32. The fourth-order valence-corrected chi connectivity index (χ4v) is 1.89. The van der Waals surface area contributed by atoms with Crippen molar-refractivity contribution in [3.63, 3.8) is 0 Å². The van der Waals surface area contributed by atoms with Gasteiger partial charge in [-0.15, -0.1) is 0 Å². The van der Waals surface area contributed by atoms with Crippen molar-refractivity contribution in [2.45, 2.75) is 12.8 Å². The Morgan fingerprint density at radius 2 is 2.12 bits per heavy atom. The lowest BCUT2D eigenvalue weighted by Gasteiger charge is -2.26. The molecule has 0 atom stereocenters. The second kappa shape index (κ2) is 7.19. The van der Waals surface area contributed by atoms with Crippen LogP contribution in [0.25, 0.3) is 0 Å². The predicted molar refractivity (Wildman–Crippen MR) is 67.0 cm³/mol. The molecule has 0 aromatic carbocycles. The number of hydrogen-bond acceptors (Lipinski definition) is 5. The van der Waals surface area contributed by atoms with E-state index in [2.05, 4.69) is 20.2 Å². The molecule has 0 radical (unpaired) electrons. The van der Waals surface area contributed by atoms with E-state index in [1.54, 1.807) is 18.6 Å². The van der Waals surface area contributed by atoms with E-state index in [0.717, 1.165) is 45.1 Å². The van der Waals surface area contributed by atoms with Gasteiger partial charge in [-0.1, -0.05) is 0 Å². The van der Waals surface area contributed by atoms with Crippen LogP contribution in [0.2, 0.25) is 0 Å². The number of ether oxygens (including phenoxy) is 1. The number of hydrogen-bond donors (Lipinski definition) is 1. The van der Waals surface area contributed by atoms with Crippen molar-refractivity contribution >= 4 is 5.82 Å². The Kier molecular flexibility index (Phi) is 5.19. The Morgan fingerprint density at radius 1 is 1.24 bits per heavy atom. The molecule has 1 fully saturated rings. The molecule has 0 spiro atoms. The lowest BCUT2D eigenvalue weighted by atomic mass is 10.2. The summed E-state index contributed by atoms with van der Waals surface area (Å²) in [6, 6.07) is 0. The van der Waals surface area contributed by atoms with Crippen LogP contribution in [0.5, 0.6) is 0 Å². The first-order chi connectivity index (χ1) is 8.45. The fraction of sp³-hybridized carbons (Fsp3) is 0.667. The molecule has 0 saturated carbocycles. The Labute approximate surface area is 102 Å². The topological polar surface area (TPSA) is 50.3 Å². The molecule has 1 saturated heterocycles. The minimum Gasteiger partial charge on any atom is -0.379 e. The predicted octanol–water partition coefficient (Wildman–Crippen LogP) is 1.00. The monoisotopic (exact) mass is 236 g/mol. The van der Waals surface area contributed by atoms with Gasteiger partial charge in [-0.05, 0) is 19.4 Å². The third-order valence-corrected chi connectivity index (χ3v) is 2.87. The number of anilines is 1. The molecule has 0 amide bonds.